The van der Waals surface area contributed by atoms with Crippen molar-refractivity contribution in [1.29, 1.82) is 5.26 Å². The molecule has 7 nitrogen and oxygen atoms in total. The molecule has 32 heavy (non-hydrogen) atoms. The first-order valence-electron chi connectivity index (χ1n) is 11.4. The zero-order valence-electron chi connectivity index (χ0n) is 18.8. The zero-order chi connectivity index (χ0) is 22.3. The highest BCUT2D eigenvalue weighted by Crippen LogP contribution is 2.41. The molecule has 7 heteroatoms. The Labute approximate surface area is 188 Å². The Morgan fingerprint density at radius 2 is 1.97 bits per heavy atom. The quantitative estimate of drug-likeness (QED) is 0.676. The predicted molar refractivity (Wildman–Crippen MR) is 123 cm³/mol. The molecule has 0 amide bonds. The summed E-state index contributed by atoms with van der Waals surface area (Å²) >= 11 is 0. The number of benzene rings is 1. The van der Waals surface area contributed by atoms with E-state index in [0.717, 1.165) is 85.6 Å². The van der Waals surface area contributed by atoms with Gasteiger partial charge in [-0.1, -0.05) is 12.1 Å². The van der Waals surface area contributed by atoms with Crippen LogP contribution in [0.4, 0.5) is 5.82 Å². The van der Waals surface area contributed by atoms with E-state index < -0.39 is 5.60 Å². The van der Waals surface area contributed by atoms with E-state index in [1.807, 2.05) is 18.2 Å². The molecular formula is C25H30N4O3. The Hall–Kier alpha value is -2.66. The normalized spacial score (nSPS) is 19.5. The second-order valence-electron chi connectivity index (χ2n) is 9.03. The van der Waals surface area contributed by atoms with Gasteiger partial charge in [0.2, 0.25) is 0 Å². The van der Waals surface area contributed by atoms with E-state index in [9.17, 15) is 10.4 Å². The number of rotatable bonds is 4. The fraction of sp³-hybridized carbons (Fsp3) is 0.520. The Bertz CT molecular complexity index is 1180. The largest absolute Gasteiger partial charge is 0.393 e. The van der Waals surface area contributed by atoms with Crippen LogP contribution in [0.3, 0.4) is 0 Å². The molecule has 4 heterocycles. The van der Waals surface area contributed by atoms with Crippen LogP contribution >= 0.6 is 0 Å². The van der Waals surface area contributed by atoms with Gasteiger partial charge in [-0.2, -0.15) is 5.26 Å². The Balaban J connectivity index is 1.74. The maximum Gasteiger partial charge on any atom is 0.157 e. The van der Waals surface area contributed by atoms with E-state index in [-0.39, 0.29) is 6.61 Å². The van der Waals surface area contributed by atoms with Gasteiger partial charge in [-0.25, -0.2) is 4.98 Å². The zero-order valence-corrected chi connectivity index (χ0v) is 18.8. The first-order chi connectivity index (χ1) is 15.6. The van der Waals surface area contributed by atoms with Crippen molar-refractivity contribution in [2.24, 2.45) is 0 Å². The lowest BCUT2D eigenvalue weighted by molar-refractivity contribution is -0.0673. The van der Waals surface area contributed by atoms with Crippen molar-refractivity contribution in [3.05, 3.63) is 41.0 Å². The number of nitrogens with zero attached hydrogens (tertiary/aromatic N) is 4. The molecule has 0 bridgehead atoms. The molecule has 3 aromatic rings. The third-order valence-electron chi connectivity index (χ3n) is 7.44. The number of imidazole rings is 1. The molecule has 2 aromatic heterocycles. The minimum Gasteiger partial charge on any atom is -0.393 e. The molecule has 0 unspecified atom stereocenters. The van der Waals surface area contributed by atoms with E-state index in [1.54, 1.807) is 7.11 Å². The number of aliphatic hydroxyl groups is 1. The summed E-state index contributed by atoms with van der Waals surface area (Å²) < 4.78 is 13.5. The highest BCUT2D eigenvalue weighted by atomic mass is 16.5. The van der Waals surface area contributed by atoms with Gasteiger partial charge >= 0.3 is 0 Å². The first-order valence-corrected chi connectivity index (χ1v) is 11.4. The monoisotopic (exact) mass is 434 g/mol. The van der Waals surface area contributed by atoms with Crippen molar-refractivity contribution in [3.8, 4) is 6.07 Å². The van der Waals surface area contributed by atoms with Crippen LogP contribution in [0.2, 0.25) is 0 Å². The van der Waals surface area contributed by atoms with Crippen LogP contribution in [0.15, 0.2) is 24.3 Å². The molecule has 5 rings (SSSR count). The maximum absolute atomic E-state index is 10.2. The number of fused-ring (bicyclic) bond motifs is 3. The average molecular weight is 435 g/mol. The predicted octanol–water partition coefficient (Wildman–Crippen LogP) is 3.54. The van der Waals surface area contributed by atoms with Crippen LogP contribution in [0.5, 0.6) is 0 Å². The number of pyridine rings is 1. The number of aliphatic hydroxyl groups excluding tert-OH is 1. The molecule has 0 spiro atoms. The summed E-state index contributed by atoms with van der Waals surface area (Å²) in [5, 5.41) is 20.1. The number of ether oxygens (including phenoxy) is 2. The number of anilines is 1. The van der Waals surface area contributed by atoms with Gasteiger partial charge in [-0.05, 0) is 61.8 Å². The van der Waals surface area contributed by atoms with Crippen LogP contribution in [-0.4, -0.2) is 60.1 Å². The Morgan fingerprint density at radius 3 is 2.62 bits per heavy atom. The van der Waals surface area contributed by atoms with Crippen LogP contribution in [0.25, 0.3) is 16.7 Å². The van der Waals surface area contributed by atoms with E-state index in [4.69, 9.17) is 14.5 Å². The van der Waals surface area contributed by atoms with Crippen molar-refractivity contribution in [2.75, 3.05) is 44.9 Å². The number of hydrogen-bond donors (Lipinski definition) is 1. The number of aromatic nitrogens is 2. The average Bonchev–Trinajstić information content (AvgIpc) is 3.23. The Morgan fingerprint density at radius 1 is 1.25 bits per heavy atom. The molecule has 0 aliphatic carbocycles. The fourth-order valence-corrected chi connectivity index (χ4v) is 5.54. The number of nitriles is 1. The number of piperidine rings is 1. The van der Waals surface area contributed by atoms with Gasteiger partial charge in [0.25, 0.3) is 0 Å². The van der Waals surface area contributed by atoms with Crippen molar-refractivity contribution < 1.29 is 14.6 Å². The number of para-hydroxylation sites is 2. The van der Waals surface area contributed by atoms with E-state index in [1.165, 1.54) is 0 Å². The van der Waals surface area contributed by atoms with Crippen molar-refractivity contribution in [1.82, 2.24) is 9.38 Å². The maximum atomic E-state index is 10.2. The molecule has 1 aromatic carbocycles. The molecule has 2 fully saturated rings. The second-order valence-corrected chi connectivity index (χ2v) is 9.03. The summed E-state index contributed by atoms with van der Waals surface area (Å²) in [6.07, 6.45) is 3.34. The summed E-state index contributed by atoms with van der Waals surface area (Å²) in [6, 6.07) is 10.6. The summed E-state index contributed by atoms with van der Waals surface area (Å²) in [5.74, 6) is 1.40. The summed E-state index contributed by atoms with van der Waals surface area (Å²) in [4.78, 5) is 7.30. The SMILES string of the molecule is COC1(CO)CCN(c2c(C)c(C3CCOCC3)c(C#N)c3nc4ccccc4n23)CC1. The highest BCUT2D eigenvalue weighted by Gasteiger charge is 2.36. The summed E-state index contributed by atoms with van der Waals surface area (Å²) in [6.45, 7) is 5.18. The van der Waals surface area contributed by atoms with Crippen molar-refractivity contribution in [3.63, 3.8) is 0 Å². The van der Waals surface area contributed by atoms with Gasteiger partial charge in [0.1, 0.15) is 11.9 Å². The van der Waals surface area contributed by atoms with Gasteiger partial charge in [0.15, 0.2) is 5.65 Å². The minimum atomic E-state index is -0.476. The molecule has 2 saturated heterocycles. The van der Waals surface area contributed by atoms with E-state index in [0.29, 0.717) is 11.5 Å². The highest BCUT2D eigenvalue weighted by molar-refractivity contribution is 5.86. The smallest absolute Gasteiger partial charge is 0.157 e. The standard InChI is InChI=1S/C25H30N4O3/c1-17-22(18-7-13-32-14-8-18)19(15-26)23-27-20-5-3-4-6-21(20)29(23)24(17)28-11-9-25(16-30,31-2)10-12-28/h3-6,18,30H,7-14,16H2,1-2H3. The molecule has 0 atom stereocenters. The topological polar surface area (TPSA) is 83.0 Å². The fourth-order valence-electron chi connectivity index (χ4n) is 5.54. The van der Waals surface area contributed by atoms with Crippen LogP contribution in [0, 0.1) is 18.3 Å². The van der Waals surface area contributed by atoms with Gasteiger partial charge in [-0.15, -0.1) is 0 Å². The molecule has 1 N–H and O–H groups in total. The summed E-state index contributed by atoms with van der Waals surface area (Å²) in [5.41, 5.74) is 5.14. The minimum absolute atomic E-state index is 0.0282. The number of hydrogen-bond acceptors (Lipinski definition) is 6. The van der Waals surface area contributed by atoms with Crippen molar-refractivity contribution in [2.45, 2.75) is 44.1 Å². The van der Waals surface area contributed by atoms with Crippen LogP contribution < -0.4 is 4.90 Å². The van der Waals surface area contributed by atoms with Gasteiger partial charge in [-0.3, -0.25) is 4.40 Å². The molecule has 2 aliphatic rings. The van der Waals surface area contributed by atoms with Gasteiger partial charge < -0.3 is 19.5 Å². The molecule has 2 aliphatic heterocycles. The van der Waals surface area contributed by atoms with Crippen molar-refractivity contribution >= 4 is 22.5 Å². The van der Waals surface area contributed by atoms with E-state index >= 15 is 0 Å². The lowest BCUT2D eigenvalue weighted by atomic mass is 9.85. The van der Waals surface area contributed by atoms with Gasteiger partial charge in [0, 0.05) is 33.4 Å². The van der Waals surface area contributed by atoms with E-state index in [2.05, 4.69) is 28.4 Å². The second kappa shape index (κ2) is 8.36. The first kappa shape index (κ1) is 21.2. The van der Waals surface area contributed by atoms with Gasteiger partial charge in [0.05, 0.1) is 28.8 Å². The molecule has 0 radical (unpaired) electrons. The number of methoxy groups -OCH3 is 1. The molecule has 0 saturated carbocycles. The van der Waals surface area contributed by atoms with Crippen LogP contribution in [-0.2, 0) is 9.47 Å². The molecular weight excluding hydrogens is 404 g/mol. The lowest BCUT2D eigenvalue weighted by Crippen LogP contribution is -2.48. The lowest BCUT2D eigenvalue weighted by Gasteiger charge is -2.41. The molecule has 168 valence electrons. The third-order valence-corrected chi connectivity index (χ3v) is 7.44. The Kier molecular flexibility index (Phi) is 5.54. The third kappa shape index (κ3) is 3.25. The van der Waals surface area contributed by atoms with Crippen LogP contribution in [0.1, 0.15) is 48.3 Å². The summed E-state index contributed by atoms with van der Waals surface area (Å²) in [7, 11) is 1.68.